The quantitative estimate of drug-likeness (QED) is 0.703. The summed E-state index contributed by atoms with van der Waals surface area (Å²) in [5.74, 6) is 0.787. The molecule has 0 bridgehead atoms. The predicted octanol–water partition coefficient (Wildman–Crippen LogP) is 2.62. The van der Waals surface area contributed by atoms with Gasteiger partial charge in [-0.05, 0) is 38.6 Å². The molecular formula is C13H28N2. The highest BCUT2D eigenvalue weighted by Gasteiger charge is 2.40. The van der Waals surface area contributed by atoms with Crippen LogP contribution in [0.4, 0.5) is 0 Å². The molecule has 0 saturated heterocycles. The molecule has 2 heteroatoms. The third-order valence-corrected chi connectivity index (χ3v) is 4.31. The molecule has 0 radical (unpaired) electrons. The summed E-state index contributed by atoms with van der Waals surface area (Å²) in [5, 5.41) is 0. The van der Waals surface area contributed by atoms with Crippen LogP contribution in [-0.2, 0) is 0 Å². The second-order valence-electron chi connectivity index (χ2n) is 5.34. The van der Waals surface area contributed by atoms with Crippen LogP contribution in [0.2, 0.25) is 0 Å². The van der Waals surface area contributed by atoms with Gasteiger partial charge in [0, 0.05) is 18.1 Å². The summed E-state index contributed by atoms with van der Waals surface area (Å²) in [6.45, 7) is 7.72. The van der Waals surface area contributed by atoms with Gasteiger partial charge in [-0.15, -0.1) is 0 Å². The molecule has 1 saturated carbocycles. The lowest BCUT2D eigenvalue weighted by Gasteiger charge is -2.42. The summed E-state index contributed by atoms with van der Waals surface area (Å²) in [7, 11) is 2.27. The maximum absolute atomic E-state index is 6.05. The minimum absolute atomic E-state index is 0.261. The van der Waals surface area contributed by atoms with E-state index in [-0.39, 0.29) is 5.54 Å². The Bertz CT molecular complexity index is 183. The van der Waals surface area contributed by atoms with E-state index in [0.29, 0.717) is 0 Å². The van der Waals surface area contributed by atoms with Crippen molar-refractivity contribution < 1.29 is 0 Å². The Morgan fingerprint density at radius 2 is 2.00 bits per heavy atom. The monoisotopic (exact) mass is 212 g/mol. The van der Waals surface area contributed by atoms with E-state index in [4.69, 9.17) is 5.73 Å². The molecule has 1 aliphatic carbocycles. The highest BCUT2D eigenvalue weighted by atomic mass is 15.2. The molecule has 1 rings (SSSR count). The highest BCUT2D eigenvalue weighted by molar-refractivity contribution is 4.97. The van der Waals surface area contributed by atoms with Crippen LogP contribution in [0.15, 0.2) is 0 Å². The SMILES string of the molecule is CCC(C)CC(CC)(CN)N(C)C1CC1. The van der Waals surface area contributed by atoms with Gasteiger partial charge in [0.25, 0.3) is 0 Å². The van der Waals surface area contributed by atoms with E-state index in [9.17, 15) is 0 Å². The summed E-state index contributed by atoms with van der Waals surface area (Å²) in [6.07, 6.45) is 6.45. The van der Waals surface area contributed by atoms with Crippen LogP contribution < -0.4 is 5.73 Å². The molecule has 0 heterocycles. The molecule has 1 fully saturated rings. The van der Waals surface area contributed by atoms with Crippen molar-refractivity contribution in [3.8, 4) is 0 Å². The number of hydrogen-bond donors (Lipinski definition) is 1. The number of nitrogens with zero attached hydrogens (tertiary/aromatic N) is 1. The Balaban J connectivity index is 2.66. The number of likely N-dealkylation sites (N-methyl/N-ethyl adjacent to an activating group) is 1. The van der Waals surface area contributed by atoms with Crippen LogP contribution in [0.3, 0.4) is 0 Å². The summed E-state index contributed by atoms with van der Waals surface area (Å²) in [4.78, 5) is 2.57. The topological polar surface area (TPSA) is 29.3 Å². The van der Waals surface area contributed by atoms with Crippen LogP contribution in [0, 0.1) is 5.92 Å². The molecule has 0 aliphatic heterocycles. The van der Waals surface area contributed by atoms with Crippen molar-refractivity contribution in [1.29, 1.82) is 0 Å². The van der Waals surface area contributed by atoms with Gasteiger partial charge in [0.1, 0.15) is 0 Å². The maximum atomic E-state index is 6.05. The standard InChI is InChI=1S/C13H28N2/c1-5-11(3)9-13(6-2,10-14)15(4)12-7-8-12/h11-12H,5-10,14H2,1-4H3. The van der Waals surface area contributed by atoms with Gasteiger partial charge in [-0.25, -0.2) is 0 Å². The van der Waals surface area contributed by atoms with E-state index in [1.807, 2.05) is 0 Å². The Morgan fingerprint density at radius 1 is 1.40 bits per heavy atom. The summed E-state index contributed by atoms with van der Waals surface area (Å²) < 4.78 is 0. The molecule has 0 aromatic heterocycles. The van der Waals surface area contributed by atoms with E-state index in [1.54, 1.807) is 0 Å². The van der Waals surface area contributed by atoms with E-state index >= 15 is 0 Å². The molecule has 90 valence electrons. The van der Waals surface area contributed by atoms with E-state index < -0.39 is 0 Å². The van der Waals surface area contributed by atoms with Gasteiger partial charge in [0.2, 0.25) is 0 Å². The number of nitrogens with two attached hydrogens (primary N) is 1. The molecule has 1 aliphatic rings. The summed E-state index contributed by atoms with van der Waals surface area (Å²) in [5.41, 5.74) is 6.31. The lowest BCUT2D eigenvalue weighted by Crippen LogP contribution is -2.53. The molecule has 0 spiro atoms. The van der Waals surface area contributed by atoms with Crippen LogP contribution >= 0.6 is 0 Å². The molecule has 0 aromatic carbocycles. The first-order valence-corrected chi connectivity index (χ1v) is 6.52. The van der Waals surface area contributed by atoms with Gasteiger partial charge in [-0.1, -0.05) is 27.2 Å². The van der Waals surface area contributed by atoms with Gasteiger partial charge in [-0.3, -0.25) is 4.90 Å². The molecule has 0 aromatic rings. The Morgan fingerprint density at radius 3 is 2.33 bits per heavy atom. The maximum Gasteiger partial charge on any atom is 0.0331 e. The van der Waals surface area contributed by atoms with Crippen molar-refractivity contribution in [2.24, 2.45) is 11.7 Å². The van der Waals surface area contributed by atoms with Crippen molar-refractivity contribution in [3.63, 3.8) is 0 Å². The van der Waals surface area contributed by atoms with Gasteiger partial charge in [-0.2, -0.15) is 0 Å². The minimum atomic E-state index is 0.261. The smallest absolute Gasteiger partial charge is 0.0331 e. The van der Waals surface area contributed by atoms with Crippen molar-refractivity contribution in [2.75, 3.05) is 13.6 Å². The fraction of sp³-hybridized carbons (Fsp3) is 1.00. The second-order valence-corrected chi connectivity index (χ2v) is 5.34. The van der Waals surface area contributed by atoms with Crippen molar-refractivity contribution >= 4 is 0 Å². The van der Waals surface area contributed by atoms with Crippen molar-refractivity contribution in [1.82, 2.24) is 4.90 Å². The first-order chi connectivity index (χ1) is 7.09. The average molecular weight is 212 g/mol. The number of rotatable bonds is 7. The highest BCUT2D eigenvalue weighted by Crippen LogP contribution is 2.36. The van der Waals surface area contributed by atoms with Crippen molar-refractivity contribution in [2.45, 2.75) is 64.5 Å². The molecule has 2 nitrogen and oxygen atoms in total. The van der Waals surface area contributed by atoms with Crippen LogP contribution in [0.25, 0.3) is 0 Å². The zero-order valence-corrected chi connectivity index (χ0v) is 10.9. The molecule has 0 amide bonds. The van der Waals surface area contributed by atoms with Crippen LogP contribution in [0.1, 0.15) is 52.9 Å². The zero-order valence-electron chi connectivity index (χ0n) is 10.9. The predicted molar refractivity (Wildman–Crippen MR) is 66.9 cm³/mol. The van der Waals surface area contributed by atoms with E-state index in [2.05, 4.69) is 32.7 Å². The van der Waals surface area contributed by atoms with Gasteiger partial charge in [0.05, 0.1) is 0 Å². The molecule has 15 heavy (non-hydrogen) atoms. The fourth-order valence-corrected chi connectivity index (χ4v) is 2.55. The van der Waals surface area contributed by atoms with Gasteiger partial charge < -0.3 is 5.73 Å². The average Bonchev–Trinajstić information content (AvgIpc) is 3.08. The van der Waals surface area contributed by atoms with E-state index in [1.165, 1.54) is 32.1 Å². The molecule has 2 N–H and O–H groups in total. The van der Waals surface area contributed by atoms with E-state index in [0.717, 1.165) is 18.5 Å². The largest absolute Gasteiger partial charge is 0.329 e. The van der Waals surface area contributed by atoms with Gasteiger partial charge in [0.15, 0.2) is 0 Å². The summed E-state index contributed by atoms with van der Waals surface area (Å²) >= 11 is 0. The lowest BCUT2D eigenvalue weighted by molar-refractivity contribution is 0.0850. The molecule has 2 atom stereocenters. The number of hydrogen-bond acceptors (Lipinski definition) is 2. The fourth-order valence-electron chi connectivity index (χ4n) is 2.55. The first kappa shape index (κ1) is 13.0. The zero-order chi connectivity index (χ0) is 11.5. The Kier molecular flexibility index (Phi) is 4.60. The third-order valence-electron chi connectivity index (χ3n) is 4.31. The molecule has 2 unspecified atom stereocenters. The Labute approximate surface area is 95.2 Å². The lowest BCUT2D eigenvalue weighted by atomic mass is 9.83. The minimum Gasteiger partial charge on any atom is -0.329 e. The third kappa shape index (κ3) is 2.94. The molecular weight excluding hydrogens is 184 g/mol. The second kappa shape index (κ2) is 5.31. The Hall–Kier alpha value is -0.0800. The van der Waals surface area contributed by atoms with Crippen molar-refractivity contribution in [3.05, 3.63) is 0 Å². The van der Waals surface area contributed by atoms with Crippen LogP contribution in [-0.4, -0.2) is 30.1 Å². The van der Waals surface area contributed by atoms with Crippen LogP contribution in [0.5, 0.6) is 0 Å². The summed E-state index contributed by atoms with van der Waals surface area (Å²) in [6, 6.07) is 0.817. The van der Waals surface area contributed by atoms with Gasteiger partial charge >= 0.3 is 0 Å². The normalized spacial score (nSPS) is 22.8. The first-order valence-electron chi connectivity index (χ1n) is 6.52.